The van der Waals surface area contributed by atoms with Gasteiger partial charge in [-0.15, -0.1) is 0 Å². The fourth-order valence-corrected chi connectivity index (χ4v) is 2.98. The van der Waals surface area contributed by atoms with Crippen LogP contribution in [0.5, 0.6) is 5.75 Å². The minimum atomic E-state index is -0.368. The van der Waals surface area contributed by atoms with Crippen molar-refractivity contribution < 1.29 is 13.9 Å². The second kappa shape index (κ2) is 8.35. The molecule has 0 radical (unpaired) electrons. The monoisotopic (exact) mass is 431 g/mol. The average molecular weight is 432 g/mol. The number of anilines is 1. The zero-order chi connectivity index (χ0) is 19.4. The third kappa shape index (κ3) is 4.54. The number of carbonyl (C=O) groups excluding carboxylic acids is 1. The molecule has 0 aliphatic rings. The van der Waals surface area contributed by atoms with Gasteiger partial charge in [0.25, 0.3) is 5.91 Å². The number of nitrogens with one attached hydrogen (secondary N) is 1. The van der Waals surface area contributed by atoms with Gasteiger partial charge in [0.15, 0.2) is 11.4 Å². The summed E-state index contributed by atoms with van der Waals surface area (Å²) in [6.45, 7) is 4.36. The van der Waals surface area contributed by atoms with Crippen molar-refractivity contribution >= 4 is 27.5 Å². The third-order valence-corrected chi connectivity index (χ3v) is 4.38. The van der Waals surface area contributed by atoms with E-state index in [1.807, 2.05) is 32.0 Å². The number of aromatic nitrogens is 2. The van der Waals surface area contributed by atoms with Gasteiger partial charge < -0.3 is 10.1 Å². The van der Waals surface area contributed by atoms with Crippen molar-refractivity contribution in [2.45, 2.75) is 20.3 Å². The Balaban J connectivity index is 1.91. The summed E-state index contributed by atoms with van der Waals surface area (Å²) in [7, 11) is 0. The molecule has 7 heteroatoms. The topological polar surface area (TPSA) is 56.2 Å². The van der Waals surface area contributed by atoms with Crippen LogP contribution in [0, 0.1) is 12.7 Å². The van der Waals surface area contributed by atoms with Crippen molar-refractivity contribution in [1.82, 2.24) is 9.78 Å². The number of halogens is 2. The summed E-state index contributed by atoms with van der Waals surface area (Å²) in [6.07, 6.45) is 2.43. The zero-order valence-corrected chi connectivity index (χ0v) is 16.6. The molecule has 0 aliphatic carbocycles. The summed E-state index contributed by atoms with van der Waals surface area (Å²) >= 11 is 3.41. The number of benzene rings is 2. The molecule has 0 spiro atoms. The second-order valence-electron chi connectivity index (χ2n) is 6.02. The van der Waals surface area contributed by atoms with Crippen molar-refractivity contribution in [3.05, 3.63) is 70.2 Å². The van der Waals surface area contributed by atoms with Crippen molar-refractivity contribution in [3.63, 3.8) is 0 Å². The molecule has 0 saturated heterocycles. The molecule has 0 aliphatic heterocycles. The minimum Gasteiger partial charge on any atom is -0.489 e. The van der Waals surface area contributed by atoms with E-state index in [1.54, 1.807) is 18.3 Å². The Morgan fingerprint density at radius 2 is 2.00 bits per heavy atom. The maximum Gasteiger partial charge on any atom is 0.280 e. The predicted octanol–water partition coefficient (Wildman–Crippen LogP) is 5.12. The standard InChI is InChI=1S/C20H19BrFN3O2/c1-3-10-27-18-12-25(16-7-5-15(22)6-8-16)24-19(18)20(26)23-17-9-4-14(21)11-13(17)2/h4-9,11-12H,3,10H2,1-2H3,(H,23,26). The maximum absolute atomic E-state index is 13.2. The van der Waals surface area contributed by atoms with E-state index in [0.29, 0.717) is 23.7 Å². The lowest BCUT2D eigenvalue weighted by atomic mass is 10.2. The molecular weight excluding hydrogens is 413 g/mol. The molecule has 1 amide bonds. The molecule has 0 atom stereocenters. The van der Waals surface area contributed by atoms with Crippen LogP contribution in [0.4, 0.5) is 10.1 Å². The van der Waals surface area contributed by atoms with E-state index in [0.717, 1.165) is 16.5 Å². The normalized spacial score (nSPS) is 10.7. The van der Waals surface area contributed by atoms with Crippen LogP contribution < -0.4 is 10.1 Å². The first-order valence-electron chi connectivity index (χ1n) is 8.54. The fraction of sp³-hybridized carbons (Fsp3) is 0.200. The Kier molecular flexibility index (Phi) is 5.91. The van der Waals surface area contributed by atoms with Gasteiger partial charge in [0.05, 0.1) is 18.5 Å². The highest BCUT2D eigenvalue weighted by Crippen LogP contribution is 2.24. The van der Waals surface area contributed by atoms with Crippen LogP contribution in [0.25, 0.3) is 5.69 Å². The minimum absolute atomic E-state index is 0.176. The first-order valence-corrected chi connectivity index (χ1v) is 9.33. The number of carbonyl (C=O) groups is 1. The van der Waals surface area contributed by atoms with Crippen molar-refractivity contribution in [2.24, 2.45) is 0 Å². The van der Waals surface area contributed by atoms with E-state index in [-0.39, 0.29) is 17.4 Å². The number of hydrogen-bond donors (Lipinski definition) is 1. The molecule has 1 heterocycles. The summed E-state index contributed by atoms with van der Waals surface area (Å²) in [6, 6.07) is 11.5. The van der Waals surface area contributed by atoms with Crippen LogP contribution in [0.2, 0.25) is 0 Å². The van der Waals surface area contributed by atoms with Crippen molar-refractivity contribution in [2.75, 3.05) is 11.9 Å². The third-order valence-electron chi connectivity index (χ3n) is 3.89. The number of aryl methyl sites for hydroxylation is 1. The first kappa shape index (κ1) is 19.1. The van der Waals surface area contributed by atoms with Crippen LogP contribution in [-0.2, 0) is 0 Å². The largest absolute Gasteiger partial charge is 0.489 e. The molecule has 3 aromatic rings. The van der Waals surface area contributed by atoms with Crippen LogP contribution >= 0.6 is 15.9 Å². The molecule has 0 bridgehead atoms. The molecule has 2 aromatic carbocycles. The lowest BCUT2D eigenvalue weighted by molar-refractivity contribution is 0.101. The Morgan fingerprint density at radius 3 is 2.67 bits per heavy atom. The molecule has 1 aromatic heterocycles. The van der Waals surface area contributed by atoms with Gasteiger partial charge in [-0.2, -0.15) is 5.10 Å². The molecule has 0 fully saturated rings. The van der Waals surface area contributed by atoms with Gasteiger partial charge in [-0.25, -0.2) is 9.07 Å². The highest BCUT2D eigenvalue weighted by Gasteiger charge is 2.20. The summed E-state index contributed by atoms with van der Waals surface area (Å²) < 4.78 is 21.3. The molecular formula is C20H19BrFN3O2. The number of hydrogen-bond acceptors (Lipinski definition) is 3. The van der Waals surface area contributed by atoms with Gasteiger partial charge in [-0.05, 0) is 61.4 Å². The van der Waals surface area contributed by atoms with Gasteiger partial charge in [0.2, 0.25) is 0 Å². The maximum atomic E-state index is 13.2. The van der Waals surface area contributed by atoms with Crippen molar-refractivity contribution in [1.29, 1.82) is 0 Å². The summed E-state index contributed by atoms with van der Waals surface area (Å²) in [5.74, 6) is -0.321. The highest BCUT2D eigenvalue weighted by atomic mass is 79.9. The molecule has 0 saturated carbocycles. The average Bonchev–Trinajstić information content (AvgIpc) is 3.07. The van der Waals surface area contributed by atoms with Gasteiger partial charge in [-0.1, -0.05) is 22.9 Å². The second-order valence-corrected chi connectivity index (χ2v) is 6.94. The van der Waals surface area contributed by atoms with Gasteiger partial charge in [0.1, 0.15) is 5.82 Å². The lowest BCUT2D eigenvalue weighted by Crippen LogP contribution is -2.15. The first-order chi connectivity index (χ1) is 13.0. The van der Waals surface area contributed by atoms with E-state index < -0.39 is 0 Å². The number of ether oxygens (including phenoxy) is 1. The van der Waals surface area contributed by atoms with Crippen LogP contribution in [0.3, 0.4) is 0 Å². The summed E-state index contributed by atoms with van der Waals surface area (Å²) in [4.78, 5) is 12.8. The summed E-state index contributed by atoms with van der Waals surface area (Å²) in [5.41, 5.74) is 2.43. The molecule has 140 valence electrons. The smallest absolute Gasteiger partial charge is 0.280 e. The van der Waals surface area contributed by atoms with Crippen molar-refractivity contribution in [3.8, 4) is 11.4 Å². The van der Waals surface area contributed by atoms with E-state index in [4.69, 9.17) is 4.74 Å². The van der Waals surface area contributed by atoms with E-state index >= 15 is 0 Å². The molecule has 27 heavy (non-hydrogen) atoms. The van der Waals surface area contributed by atoms with Gasteiger partial charge in [0, 0.05) is 10.2 Å². The Morgan fingerprint density at radius 1 is 1.26 bits per heavy atom. The fourth-order valence-electron chi connectivity index (χ4n) is 2.51. The van der Waals surface area contributed by atoms with E-state index in [1.165, 1.54) is 16.8 Å². The van der Waals surface area contributed by atoms with Gasteiger partial charge >= 0.3 is 0 Å². The number of amides is 1. The Labute approximate surface area is 165 Å². The molecule has 5 nitrogen and oxygen atoms in total. The number of nitrogens with zero attached hydrogens (tertiary/aromatic N) is 2. The zero-order valence-electron chi connectivity index (χ0n) is 15.0. The van der Waals surface area contributed by atoms with E-state index in [2.05, 4.69) is 26.3 Å². The van der Waals surface area contributed by atoms with Crippen LogP contribution in [-0.4, -0.2) is 22.3 Å². The quantitative estimate of drug-likeness (QED) is 0.588. The molecule has 1 N–H and O–H groups in total. The van der Waals surface area contributed by atoms with Crippen LogP contribution in [0.1, 0.15) is 29.4 Å². The lowest BCUT2D eigenvalue weighted by Gasteiger charge is -2.09. The molecule has 0 unspecified atom stereocenters. The Bertz CT molecular complexity index is 954. The van der Waals surface area contributed by atoms with E-state index in [9.17, 15) is 9.18 Å². The number of rotatable bonds is 6. The molecule has 3 rings (SSSR count). The predicted molar refractivity (Wildman–Crippen MR) is 106 cm³/mol. The Hall–Kier alpha value is -2.67. The highest BCUT2D eigenvalue weighted by molar-refractivity contribution is 9.10. The van der Waals surface area contributed by atoms with Crippen LogP contribution in [0.15, 0.2) is 53.1 Å². The summed E-state index contributed by atoms with van der Waals surface area (Å²) in [5, 5.41) is 7.22. The SMILES string of the molecule is CCCOc1cn(-c2ccc(F)cc2)nc1C(=O)Nc1ccc(Br)cc1C. The van der Waals surface area contributed by atoms with Gasteiger partial charge in [-0.3, -0.25) is 4.79 Å².